The highest BCUT2D eigenvalue weighted by atomic mass is 15.4. The smallest absolute Gasteiger partial charge is 0.105 e. The molecule has 0 N–H and O–H groups in total. The van der Waals surface area contributed by atoms with Gasteiger partial charge in [-0.2, -0.15) is 0 Å². The van der Waals surface area contributed by atoms with E-state index in [9.17, 15) is 0 Å². The Morgan fingerprint density at radius 3 is 1.05 bits per heavy atom. The molecule has 0 saturated carbocycles. The summed E-state index contributed by atoms with van der Waals surface area (Å²) in [4.78, 5) is 5.29. The van der Waals surface area contributed by atoms with Crippen LogP contribution in [0.5, 0.6) is 0 Å². The summed E-state index contributed by atoms with van der Waals surface area (Å²) in [5, 5.41) is 0. The minimum atomic E-state index is 0.502. The van der Waals surface area contributed by atoms with Crippen LogP contribution in [0, 0.1) is 0 Å². The molecule has 0 radical (unpaired) electrons. The third kappa shape index (κ3) is 19.0. The minimum absolute atomic E-state index is 0.502. The highest BCUT2D eigenvalue weighted by Crippen LogP contribution is 2.23. The normalized spacial score (nSPS) is 14.9. The summed E-state index contributed by atoms with van der Waals surface area (Å²) in [5.41, 5.74) is 1.47. The first-order valence-corrected chi connectivity index (χ1v) is 19.1. The molecule has 242 valence electrons. The monoisotopic (exact) mass is 581 g/mol. The SMILES string of the molecule is CCCCCCCCCCCCCCCCN1C=CN(CCCCCCCCCCCCCC)C1Cc1ccccc1. The molecule has 2 nitrogen and oxygen atoms in total. The Morgan fingerprint density at radius 2 is 0.714 bits per heavy atom. The van der Waals surface area contributed by atoms with Crippen LogP contribution in [0.4, 0.5) is 0 Å². The molecule has 1 aromatic rings. The number of hydrogen-bond acceptors (Lipinski definition) is 2. The Bertz CT molecular complexity index is 714. The third-order valence-corrected chi connectivity index (χ3v) is 9.52. The lowest BCUT2D eigenvalue weighted by atomic mass is 10.0. The van der Waals surface area contributed by atoms with Crippen LogP contribution in [-0.4, -0.2) is 29.1 Å². The second kappa shape index (κ2) is 27.1. The van der Waals surface area contributed by atoms with Gasteiger partial charge in [-0.05, 0) is 18.4 Å². The predicted octanol–water partition coefficient (Wildman–Crippen LogP) is 12.8. The van der Waals surface area contributed by atoms with E-state index in [4.69, 9.17) is 0 Å². The van der Waals surface area contributed by atoms with Gasteiger partial charge in [0.05, 0.1) is 0 Å². The highest BCUT2D eigenvalue weighted by Gasteiger charge is 2.25. The van der Waals surface area contributed by atoms with Crippen LogP contribution in [0.25, 0.3) is 0 Å². The Kier molecular flexibility index (Phi) is 23.7. The van der Waals surface area contributed by atoms with Gasteiger partial charge in [0.25, 0.3) is 0 Å². The van der Waals surface area contributed by atoms with Gasteiger partial charge >= 0.3 is 0 Å². The molecular weight excluding hydrogens is 508 g/mol. The quantitative estimate of drug-likeness (QED) is 0.0835. The van der Waals surface area contributed by atoms with E-state index in [-0.39, 0.29) is 0 Å². The molecule has 1 aromatic carbocycles. The van der Waals surface area contributed by atoms with E-state index >= 15 is 0 Å². The van der Waals surface area contributed by atoms with Crippen molar-refractivity contribution in [1.82, 2.24) is 9.80 Å². The van der Waals surface area contributed by atoms with Gasteiger partial charge in [0.15, 0.2) is 0 Å². The number of nitrogens with zero attached hydrogens (tertiary/aromatic N) is 2. The van der Waals surface area contributed by atoms with Crippen molar-refractivity contribution in [1.29, 1.82) is 0 Å². The molecule has 0 fully saturated rings. The molecule has 2 rings (SSSR count). The Hall–Kier alpha value is -1.44. The molecule has 0 aliphatic carbocycles. The number of benzene rings is 1. The minimum Gasteiger partial charge on any atom is -0.356 e. The fraction of sp³-hybridized carbons (Fsp3) is 0.800. The maximum Gasteiger partial charge on any atom is 0.105 e. The second-order valence-electron chi connectivity index (χ2n) is 13.4. The Morgan fingerprint density at radius 1 is 0.405 bits per heavy atom. The lowest BCUT2D eigenvalue weighted by Crippen LogP contribution is -2.41. The molecule has 0 aromatic heterocycles. The average molecular weight is 581 g/mol. The van der Waals surface area contributed by atoms with Crippen molar-refractivity contribution < 1.29 is 0 Å². The maximum absolute atomic E-state index is 2.65. The molecule has 1 heterocycles. The van der Waals surface area contributed by atoms with Crippen molar-refractivity contribution in [3.63, 3.8) is 0 Å². The van der Waals surface area contributed by atoms with Crippen LogP contribution in [-0.2, 0) is 6.42 Å². The molecule has 42 heavy (non-hydrogen) atoms. The van der Waals surface area contributed by atoms with Gasteiger partial charge in [0, 0.05) is 31.9 Å². The summed E-state index contributed by atoms with van der Waals surface area (Å²) in [6.07, 6.45) is 43.5. The first-order valence-electron chi connectivity index (χ1n) is 19.1. The molecule has 0 spiro atoms. The van der Waals surface area contributed by atoms with Crippen molar-refractivity contribution in [3.8, 4) is 0 Å². The molecule has 1 atom stereocenters. The first kappa shape index (κ1) is 36.8. The molecule has 0 amide bonds. The predicted molar refractivity (Wildman–Crippen MR) is 188 cm³/mol. The van der Waals surface area contributed by atoms with Crippen molar-refractivity contribution in [3.05, 3.63) is 48.3 Å². The fourth-order valence-electron chi connectivity index (χ4n) is 6.69. The van der Waals surface area contributed by atoms with E-state index in [0.29, 0.717) is 6.17 Å². The third-order valence-electron chi connectivity index (χ3n) is 9.52. The lowest BCUT2D eigenvalue weighted by Gasteiger charge is -2.33. The van der Waals surface area contributed by atoms with Crippen LogP contribution in [0.15, 0.2) is 42.7 Å². The molecule has 1 aliphatic rings. The molecule has 0 bridgehead atoms. The van der Waals surface area contributed by atoms with Crippen LogP contribution in [0.2, 0.25) is 0 Å². The van der Waals surface area contributed by atoms with Gasteiger partial charge in [-0.1, -0.05) is 198 Å². The largest absolute Gasteiger partial charge is 0.356 e. The average Bonchev–Trinajstić information content (AvgIpc) is 3.39. The number of hydrogen-bond donors (Lipinski definition) is 0. The van der Waals surface area contributed by atoms with Crippen molar-refractivity contribution >= 4 is 0 Å². The maximum atomic E-state index is 2.65. The zero-order valence-electron chi connectivity index (χ0n) is 28.5. The molecule has 1 unspecified atom stereocenters. The summed E-state index contributed by atoms with van der Waals surface area (Å²) in [6, 6.07) is 11.2. The summed E-state index contributed by atoms with van der Waals surface area (Å²) in [6.45, 7) is 7.03. The van der Waals surface area contributed by atoms with E-state index in [0.717, 1.165) is 6.42 Å². The van der Waals surface area contributed by atoms with Gasteiger partial charge in [-0.3, -0.25) is 0 Å². The zero-order valence-corrected chi connectivity index (χ0v) is 28.5. The standard InChI is InChI=1S/C40H72N2/c1-3-5-7-9-11-13-15-17-18-20-22-24-26-31-35-42-37-36-41(40(42)38-39-32-28-27-29-33-39)34-30-25-23-21-19-16-14-12-10-8-6-4-2/h27-29,32-33,36-37,40H,3-26,30-31,34-35,38H2,1-2H3. The molecule has 0 saturated heterocycles. The van der Waals surface area contributed by atoms with Crippen LogP contribution < -0.4 is 0 Å². The summed E-state index contributed by atoms with van der Waals surface area (Å²) < 4.78 is 0. The lowest BCUT2D eigenvalue weighted by molar-refractivity contribution is 0.148. The zero-order chi connectivity index (χ0) is 29.8. The molecule has 1 aliphatic heterocycles. The molecule has 2 heteroatoms. The van der Waals surface area contributed by atoms with Crippen LogP contribution in [0.1, 0.15) is 186 Å². The van der Waals surface area contributed by atoms with E-state index in [1.807, 2.05) is 0 Å². The Balaban J connectivity index is 1.54. The van der Waals surface area contributed by atoms with Crippen LogP contribution >= 0.6 is 0 Å². The van der Waals surface area contributed by atoms with E-state index in [2.05, 4.69) is 66.4 Å². The van der Waals surface area contributed by atoms with E-state index in [1.165, 1.54) is 186 Å². The van der Waals surface area contributed by atoms with Crippen molar-refractivity contribution in [2.45, 2.75) is 193 Å². The fourth-order valence-corrected chi connectivity index (χ4v) is 6.69. The van der Waals surface area contributed by atoms with E-state index < -0.39 is 0 Å². The van der Waals surface area contributed by atoms with Gasteiger partial charge in [-0.15, -0.1) is 0 Å². The van der Waals surface area contributed by atoms with Gasteiger partial charge in [-0.25, -0.2) is 0 Å². The highest BCUT2D eigenvalue weighted by molar-refractivity contribution is 5.17. The summed E-state index contributed by atoms with van der Waals surface area (Å²) in [5.74, 6) is 0. The van der Waals surface area contributed by atoms with E-state index in [1.54, 1.807) is 0 Å². The van der Waals surface area contributed by atoms with Crippen LogP contribution in [0.3, 0.4) is 0 Å². The van der Waals surface area contributed by atoms with Crippen molar-refractivity contribution in [2.24, 2.45) is 0 Å². The van der Waals surface area contributed by atoms with Crippen molar-refractivity contribution in [2.75, 3.05) is 13.1 Å². The second-order valence-corrected chi connectivity index (χ2v) is 13.4. The Labute approximate surface area is 264 Å². The summed E-state index contributed by atoms with van der Waals surface area (Å²) in [7, 11) is 0. The van der Waals surface area contributed by atoms with Gasteiger partial charge in [0.2, 0.25) is 0 Å². The first-order chi connectivity index (χ1) is 20.8. The topological polar surface area (TPSA) is 6.48 Å². The van der Waals surface area contributed by atoms with Gasteiger partial charge < -0.3 is 9.80 Å². The number of unbranched alkanes of at least 4 members (excludes halogenated alkanes) is 24. The summed E-state index contributed by atoms with van der Waals surface area (Å²) >= 11 is 0. The number of rotatable bonds is 30. The van der Waals surface area contributed by atoms with Gasteiger partial charge in [0.1, 0.15) is 6.17 Å². The molecular formula is C40H72N2.